The van der Waals surface area contributed by atoms with Crippen LogP contribution >= 0.6 is 0 Å². The zero-order valence-electron chi connectivity index (χ0n) is 7.66. The summed E-state index contributed by atoms with van der Waals surface area (Å²) in [5, 5.41) is 0. The molecule has 11 heavy (non-hydrogen) atoms. The van der Waals surface area contributed by atoms with Crippen LogP contribution in [-0.2, 0) is 0 Å². The monoisotopic (exact) mass is 164 g/mol. The molecule has 0 saturated heterocycles. The van der Waals surface area contributed by atoms with Gasteiger partial charge in [0.15, 0.2) is 0 Å². The second-order valence-corrected chi connectivity index (χ2v) is 3.12. The molecule has 0 atom stereocenters. The van der Waals surface area contributed by atoms with Gasteiger partial charge in [-0.25, -0.2) is 8.78 Å². The lowest BCUT2D eigenvalue weighted by Crippen LogP contribution is -2.27. The van der Waals surface area contributed by atoms with E-state index in [1.165, 1.54) is 0 Å². The highest BCUT2D eigenvalue weighted by Crippen LogP contribution is 2.38. The zero-order valence-corrected chi connectivity index (χ0v) is 7.66. The number of halogens is 2. The number of hydrogen-bond donors (Lipinski definition) is 0. The second-order valence-electron chi connectivity index (χ2n) is 3.12. The maximum Gasteiger partial charge on any atom is 0.244 e. The quantitative estimate of drug-likeness (QED) is 0.578. The molecule has 2 heteroatoms. The molecule has 0 bridgehead atoms. The van der Waals surface area contributed by atoms with E-state index in [1.54, 1.807) is 0 Å². The van der Waals surface area contributed by atoms with E-state index >= 15 is 0 Å². The summed E-state index contributed by atoms with van der Waals surface area (Å²) in [6.45, 7) is 5.67. The van der Waals surface area contributed by atoms with Gasteiger partial charge in [0, 0.05) is 5.41 Å². The molecule has 0 aromatic carbocycles. The third-order valence-electron chi connectivity index (χ3n) is 2.62. The molecule has 0 fully saturated rings. The smallest absolute Gasteiger partial charge is 0.210 e. The molecule has 0 radical (unpaired) electrons. The molecule has 0 aromatic rings. The molecular formula is C9H18F2. The fraction of sp³-hybridized carbons (Fsp3) is 1.00. The maximum atomic E-state index is 12.5. The molecule has 68 valence electrons. The zero-order chi connectivity index (χ0) is 8.91. The SMILES string of the molecule is CCCC(CC)(CC)C(F)F. The lowest BCUT2D eigenvalue weighted by molar-refractivity contribution is -0.0181. The molecule has 0 N–H and O–H groups in total. The van der Waals surface area contributed by atoms with Crippen LogP contribution in [-0.4, -0.2) is 6.43 Å². The largest absolute Gasteiger partial charge is 0.244 e. The van der Waals surface area contributed by atoms with Crippen LogP contribution < -0.4 is 0 Å². The van der Waals surface area contributed by atoms with Crippen molar-refractivity contribution in [1.82, 2.24) is 0 Å². The van der Waals surface area contributed by atoms with E-state index in [4.69, 9.17) is 0 Å². The van der Waals surface area contributed by atoms with Gasteiger partial charge in [-0.05, 0) is 19.3 Å². The van der Waals surface area contributed by atoms with Crippen LogP contribution in [0.1, 0.15) is 46.5 Å². The summed E-state index contributed by atoms with van der Waals surface area (Å²) in [5.41, 5.74) is -0.700. The summed E-state index contributed by atoms with van der Waals surface area (Å²) in [6.07, 6.45) is 0.533. The Kier molecular flexibility index (Phi) is 4.62. The fourth-order valence-electron chi connectivity index (χ4n) is 1.52. The predicted octanol–water partition coefficient (Wildman–Crippen LogP) is 3.86. The van der Waals surface area contributed by atoms with Gasteiger partial charge in [0.05, 0.1) is 0 Å². The summed E-state index contributed by atoms with van der Waals surface area (Å²) < 4.78 is 25.1. The highest BCUT2D eigenvalue weighted by atomic mass is 19.3. The average molecular weight is 164 g/mol. The van der Waals surface area contributed by atoms with Gasteiger partial charge in [-0.1, -0.05) is 27.2 Å². The van der Waals surface area contributed by atoms with Gasteiger partial charge in [-0.2, -0.15) is 0 Å². The van der Waals surface area contributed by atoms with Crippen molar-refractivity contribution in [2.45, 2.75) is 52.9 Å². The normalized spacial score (nSPS) is 12.5. The minimum Gasteiger partial charge on any atom is -0.210 e. The van der Waals surface area contributed by atoms with Gasteiger partial charge in [-0.3, -0.25) is 0 Å². The van der Waals surface area contributed by atoms with E-state index in [1.807, 2.05) is 20.8 Å². The van der Waals surface area contributed by atoms with Crippen LogP contribution in [0.2, 0.25) is 0 Å². The van der Waals surface area contributed by atoms with E-state index in [0.717, 1.165) is 6.42 Å². The molecule has 0 nitrogen and oxygen atoms in total. The van der Waals surface area contributed by atoms with Crippen LogP contribution in [0, 0.1) is 5.41 Å². The standard InChI is InChI=1S/C9H18F2/c1-4-7-9(5-2,6-3)8(10)11/h8H,4-7H2,1-3H3. The third-order valence-corrected chi connectivity index (χ3v) is 2.62. The Morgan fingerprint density at radius 2 is 1.55 bits per heavy atom. The van der Waals surface area contributed by atoms with E-state index in [0.29, 0.717) is 19.3 Å². The van der Waals surface area contributed by atoms with Crippen LogP contribution in [0.15, 0.2) is 0 Å². The first-order chi connectivity index (χ1) is 5.13. The first-order valence-corrected chi connectivity index (χ1v) is 4.41. The fourth-order valence-corrected chi connectivity index (χ4v) is 1.52. The topological polar surface area (TPSA) is 0 Å². The van der Waals surface area contributed by atoms with Crippen molar-refractivity contribution in [3.8, 4) is 0 Å². The lowest BCUT2D eigenvalue weighted by atomic mass is 9.79. The molecule has 0 aliphatic rings. The first-order valence-electron chi connectivity index (χ1n) is 4.41. The molecule has 0 unspecified atom stereocenters. The third kappa shape index (κ3) is 2.42. The Balaban J connectivity index is 4.20. The van der Waals surface area contributed by atoms with Crippen molar-refractivity contribution in [3.05, 3.63) is 0 Å². The number of hydrogen-bond acceptors (Lipinski definition) is 0. The first kappa shape index (κ1) is 10.9. The summed E-state index contributed by atoms with van der Waals surface area (Å²) in [7, 11) is 0. The van der Waals surface area contributed by atoms with Crippen molar-refractivity contribution < 1.29 is 8.78 Å². The van der Waals surface area contributed by atoms with Crippen molar-refractivity contribution >= 4 is 0 Å². The van der Waals surface area contributed by atoms with Crippen molar-refractivity contribution in [1.29, 1.82) is 0 Å². The van der Waals surface area contributed by atoms with Gasteiger partial charge in [-0.15, -0.1) is 0 Å². The Morgan fingerprint density at radius 1 is 1.09 bits per heavy atom. The maximum absolute atomic E-state index is 12.5. The van der Waals surface area contributed by atoms with Gasteiger partial charge < -0.3 is 0 Å². The highest BCUT2D eigenvalue weighted by Gasteiger charge is 2.35. The average Bonchev–Trinajstić information content (AvgIpc) is 2.00. The molecule has 0 aliphatic carbocycles. The minimum absolute atomic E-state index is 0.592. The van der Waals surface area contributed by atoms with Gasteiger partial charge in [0.2, 0.25) is 6.43 Å². The van der Waals surface area contributed by atoms with Crippen LogP contribution in [0.25, 0.3) is 0 Å². The van der Waals surface area contributed by atoms with Crippen molar-refractivity contribution in [2.24, 2.45) is 5.41 Å². The molecule has 0 aromatic heterocycles. The predicted molar refractivity (Wildman–Crippen MR) is 43.9 cm³/mol. The van der Waals surface area contributed by atoms with Gasteiger partial charge in [0.25, 0.3) is 0 Å². The van der Waals surface area contributed by atoms with E-state index in [9.17, 15) is 8.78 Å². The minimum atomic E-state index is -2.16. The van der Waals surface area contributed by atoms with Crippen molar-refractivity contribution in [2.75, 3.05) is 0 Å². The van der Waals surface area contributed by atoms with E-state index < -0.39 is 11.8 Å². The molecule has 0 rings (SSSR count). The molecular weight excluding hydrogens is 146 g/mol. The summed E-state index contributed by atoms with van der Waals surface area (Å²) >= 11 is 0. The Morgan fingerprint density at radius 3 is 1.64 bits per heavy atom. The lowest BCUT2D eigenvalue weighted by Gasteiger charge is -2.30. The van der Waals surface area contributed by atoms with Crippen LogP contribution in [0.4, 0.5) is 8.78 Å². The molecule has 0 amide bonds. The van der Waals surface area contributed by atoms with Crippen LogP contribution in [0.3, 0.4) is 0 Å². The molecule has 0 aliphatic heterocycles. The van der Waals surface area contributed by atoms with Gasteiger partial charge >= 0.3 is 0 Å². The second kappa shape index (κ2) is 4.68. The Bertz CT molecular complexity index is 95.7. The van der Waals surface area contributed by atoms with Crippen LogP contribution in [0.5, 0.6) is 0 Å². The number of rotatable bonds is 5. The molecule has 0 heterocycles. The number of alkyl halides is 2. The molecule has 0 saturated carbocycles. The molecule has 0 spiro atoms. The van der Waals surface area contributed by atoms with E-state index in [-0.39, 0.29) is 0 Å². The Labute approximate surface area is 68.0 Å². The highest BCUT2D eigenvalue weighted by molar-refractivity contribution is 4.78. The summed E-state index contributed by atoms with van der Waals surface area (Å²) in [4.78, 5) is 0. The van der Waals surface area contributed by atoms with Gasteiger partial charge in [0.1, 0.15) is 0 Å². The Hall–Kier alpha value is -0.140. The summed E-state index contributed by atoms with van der Waals surface area (Å²) in [6, 6.07) is 0. The summed E-state index contributed by atoms with van der Waals surface area (Å²) in [5.74, 6) is 0. The van der Waals surface area contributed by atoms with E-state index in [2.05, 4.69) is 0 Å². The van der Waals surface area contributed by atoms with Crippen molar-refractivity contribution in [3.63, 3.8) is 0 Å².